The van der Waals surface area contributed by atoms with Crippen molar-refractivity contribution in [3.8, 4) is 22.8 Å². The number of pyridine rings is 1. The SMILES string of the molecule is C=C[C@@H]1C[C@]1(NC(=O)[C@@H]1C[C@@H](Oc2cc(-c3ccccc3)nc3cc(OC)ccc23)CN1C(=O)[C@@H](NC(=O)COC)C(C)(C)C)C(=O)NS(=O)(=O)C1CC1. The highest BCUT2D eigenvalue weighted by Gasteiger charge is 2.62. The molecule has 3 aromatic rings. The molecule has 288 valence electrons. The molecule has 0 unspecified atom stereocenters. The van der Waals surface area contributed by atoms with E-state index in [9.17, 15) is 27.6 Å². The van der Waals surface area contributed by atoms with Gasteiger partial charge in [-0.05, 0) is 36.8 Å². The third-order valence-electron chi connectivity index (χ3n) is 10.1. The number of nitrogens with one attached hydrogen (secondary N) is 3. The average Bonchev–Trinajstić information content (AvgIpc) is 4.06. The second kappa shape index (κ2) is 15.0. The van der Waals surface area contributed by atoms with Crippen LogP contribution in [-0.4, -0.2) is 98.3 Å². The fraction of sp³-hybridized carbons (Fsp3) is 0.462. The van der Waals surface area contributed by atoms with Crippen molar-refractivity contribution in [1.29, 1.82) is 0 Å². The summed E-state index contributed by atoms with van der Waals surface area (Å²) in [7, 11) is -0.971. The van der Waals surface area contributed by atoms with Gasteiger partial charge in [0, 0.05) is 42.5 Å². The molecule has 14 nitrogen and oxygen atoms in total. The van der Waals surface area contributed by atoms with Crippen molar-refractivity contribution in [2.45, 2.75) is 75.4 Å². The fourth-order valence-corrected chi connectivity index (χ4v) is 8.24. The zero-order valence-electron chi connectivity index (χ0n) is 31.1. The van der Waals surface area contributed by atoms with Crippen LogP contribution in [0.5, 0.6) is 11.5 Å². The minimum atomic E-state index is -3.91. The third kappa shape index (κ3) is 8.06. The number of sulfonamides is 1. The van der Waals surface area contributed by atoms with Gasteiger partial charge >= 0.3 is 0 Å². The molecule has 2 heterocycles. The Morgan fingerprint density at radius 3 is 2.41 bits per heavy atom. The summed E-state index contributed by atoms with van der Waals surface area (Å²) in [6.45, 7) is 8.85. The molecule has 1 aromatic heterocycles. The van der Waals surface area contributed by atoms with Crippen LogP contribution in [0.25, 0.3) is 22.2 Å². The highest BCUT2D eigenvalue weighted by atomic mass is 32.2. The number of carbonyl (C=O) groups excluding carboxylic acids is 4. The summed E-state index contributed by atoms with van der Waals surface area (Å²) >= 11 is 0. The van der Waals surface area contributed by atoms with E-state index < -0.39 is 74.0 Å². The van der Waals surface area contributed by atoms with E-state index in [1.165, 1.54) is 18.1 Å². The zero-order chi connectivity index (χ0) is 39.0. The molecule has 3 fully saturated rings. The molecule has 3 N–H and O–H groups in total. The van der Waals surface area contributed by atoms with Crippen LogP contribution < -0.4 is 24.8 Å². The van der Waals surface area contributed by atoms with Crippen molar-refractivity contribution in [2.24, 2.45) is 11.3 Å². The maximum atomic E-state index is 14.5. The van der Waals surface area contributed by atoms with Gasteiger partial charge < -0.3 is 29.7 Å². The molecular formula is C39H47N5O9S. The summed E-state index contributed by atoms with van der Waals surface area (Å²) in [4.78, 5) is 61.4. The smallest absolute Gasteiger partial charge is 0.259 e. The number of likely N-dealkylation sites (tertiary alicyclic amines) is 1. The van der Waals surface area contributed by atoms with Gasteiger partial charge in [-0.3, -0.25) is 23.9 Å². The first-order valence-electron chi connectivity index (χ1n) is 17.9. The van der Waals surface area contributed by atoms with Gasteiger partial charge in [0.25, 0.3) is 5.91 Å². The van der Waals surface area contributed by atoms with Crippen molar-refractivity contribution in [3.63, 3.8) is 0 Å². The summed E-state index contributed by atoms with van der Waals surface area (Å²) in [6, 6.07) is 14.6. The minimum Gasteiger partial charge on any atom is -0.497 e. The van der Waals surface area contributed by atoms with Crippen molar-refractivity contribution < 1.29 is 41.8 Å². The van der Waals surface area contributed by atoms with Gasteiger partial charge in [-0.15, -0.1) is 6.58 Å². The molecule has 1 aliphatic heterocycles. The summed E-state index contributed by atoms with van der Waals surface area (Å²) in [5, 5.41) is 5.60. The lowest BCUT2D eigenvalue weighted by atomic mass is 9.85. The normalized spacial score (nSPS) is 22.9. The predicted octanol–water partition coefficient (Wildman–Crippen LogP) is 3.11. The van der Waals surface area contributed by atoms with Crippen molar-refractivity contribution in [1.82, 2.24) is 25.2 Å². The number of hydrogen-bond donors (Lipinski definition) is 3. The Hall–Kier alpha value is -5.02. The Morgan fingerprint density at radius 2 is 1.80 bits per heavy atom. The second-order valence-corrected chi connectivity index (χ2v) is 17.2. The van der Waals surface area contributed by atoms with Crippen LogP contribution in [0, 0.1) is 11.3 Å². The number of rotatable bonds is 14. The summed E-state index contributed by atoms with van der Waals surface area (Å²) in [6.07, 6.45) is 1.86. The number of carbonyl (C=O) groups is 4. The Labute approximate surface area is 315 Å². The number of benzene rings is 2. The Bertz CT molecular complexity index is 2070. The molecule has 2 saturated carbocycles. The number of nitrogens with zero attached hydrogens (tertiary/aromatic N) is 2. The number of fused-ring (bicyclic) bond motifs is 1. The molecule has 54 heavy (non-hydrogen) atoms. The number of hydrogen-bond acceptors (Lipinski definition) is 10. The molecule has 4 amide bonds. The van der Waals surface area contributed by atoms with Crippen LogP contribution in [0.2, 0.25) is 0 Å². The largest absolute Gasteiger partial charge is 0.497 e. The van der Waals surface area contributed by atoms with E-state index >= 15 is 0 Å². The van der Waals surface area contributed by atoms with Gasteiger partial charge in [0.05, 0.1) is 30.1 Å². The molecule has 2 aliphatic carbocycles. The molecule has 1 saturated heterocycles. The molecule has 5 atom stereocenters. The maximum absolute atomic E-state index is 14.5. The van der Waals surface area contributed by atoms with Gasteiger partial charge in [0.1, 0.15) is 41.8 Å². The average molecular weight is 762 g/mol. The van der Waals surface area contributed by atoms with E-state index in [0.29, 0.717) is 40.9 Å². The quantitative estimate of drug-likeness (QED) is 0.207. The van der Waals surface area contributed by atoms with E-state index in [-0.39, 0.29) is 26.0 Å². The van der Waals surface area contributed by atoms with Crippen molar-refractivity contribution in [2.75, 3.05) is 27.4 Å². The lowest BCUT2D eigenvalue weighted by Gasteiger charge is -2.35. The Balaban J connectivity index is 1.34. The molecule has 2 aromatic carbocycles. The molecule has 0 bridgehead atoms. The summed E-state index contributed by atoms with van der Waals surface area (Å²) in [5.74, 6) is -2.00. The summed E-state index contributed by atoms with van der Waals surface area (Å²) in [5.41, 5.74) is -0.249. The van der Waals surface area contributed by atoms with E-state index in [0.717, 1.165) is 5.56 Å². The van der Waals surface area contributed by atoms with Gasteiger partial charge in [-0.2, -0.15) is 0 Å². The minimum absolute atomic E-state index is 0.0257. The first-order valence-corrected chi connectivity index (χ1v) is 19.4. The summed E-state index contributed by atoms with van der Waals surface area (Å²) < 4.78 is 44.7. The molecule has 6 rings (SSSR count). The third-order valence-corrected chi connectivity index (χ3v) is 12.0. The van der Waals surface area contributed by atoms with E-state index in [2.05, 4.69) is 21.9 Å². The van der Waals surface area contributed by atoms with Crippen LogP contribution in [0.1, 0.15) is 46.5 Å². The maximum Gasteiger partial charge on any atom is 0.259 e. The highest BCUT2D eigenvalue weighted by molar-refractivity contribution is 7.91. The van der Waals surface area contributed by atoms with Crippen LogP contribution in [-0.2, 0) is 33.9 Å². The van der Waals surface area contributed by atoms with E-state index in [1.807, 2.05) is 42.5 Å². The molecule has 0 spiro atoms. The highest BCUT2D eigenvalue weighted by Crippen LogP contribution is 2.46. The molecule has 0 radical (unpaired) electrons. The Morgan fingerprint density at radius 1 is 1.07 bits per heavy atom. The van der Waals surface area contributed by atoms with Crippen LogP contribution in [0.4, 0.5) is 0 Å². The van der Waals surface area contributed by atoms with Crippen LogP contribution in [0.15, 0.2) is 67.3 Å². The topological polar surface area (TPSA) is 182 Å². The first kappa shape index (κ1) is 38.7. The number of aromatic nitrogens is 1. The number of amides is 4. The molecular weight excluding hydrogens is 715 g/mol. The second-order valence-electron chi connectivity index (χ2n) is 15.2. The van der Waals surface area contributed by atoms with Crippen molar-refractivity contribution >= 4 is 44.6 Å². The molecule has 15 heteroatoms. The number of ether oxygens (including phenoxy) is 3. The first-order chi connectivity index (χ1) is 25.6. The van der Waals surface area contributed by atoms with Crippen LogP contribution in [0.3, 0.4) is 0 Å². The van der Waals surface area contributed by atoms with E-state index in [1.54, 1.807) is 40.0 Å². The molecule has 3 aliphatic rings. The zero-order valence-corrected chi connectivity index (χ0v) is 31.9. The standard InChI is InChI=1S/C39H47N5O9S/c1-7-24-20-39(24,37(48)43-54(49,50)27-14-15-27)42-35(46)31-18-26(21-44(31)36(47)34(38(2,3)4)41-33(45)22-51-5)53-32-19-29(23-11-9-8-10-12-23)40-30-17-25(52-6)13-16-28(30)32/h7-13,16-17,19,24,26-27,31,34H,1,14-15,18,20-22H2,2-6H3,(H,41,45)(H,42,46)(H,43,48)/t24-,26-,31+,34-,39-/m1/s1. The van der Waals surface area contributed by atoms with Gasteiger partial charge in [-0.1, -0.05) is 57.2 Å². The predicted molar refractivity (Wildman–Crippen MR) is 201 cm³/mol. The van der Waals surface area contributed by atoms with Crippen LogP contribution >= 0.6 is 0 Å². The Kier molecular flexibility index (Phi) is 10.8. The fourth-order valence-electron chi connectivity index (χ4n) is 6.88. The van der Waals surface area contributed by atoms with Gasteiger partial charge in [0.15, 0.2) is 0 Å². The van der Waals surface area contributed by atoms with Gasteiger partial charge in [-0.25, -0.2) is 13.4 Å². The lowest BCUT2D eigenvalue weighted by molar-refractivity contribution is -0.145. The number of methoxy groups -OCH3 is 2. The van der Waals surface area contributed by atoms with Gasteiger partial charge in [0.2, 0.25) is 27.7 Å². The van der Waals surface area contributed by atoms with Crippen molar-refractivity contribution in [3.05, 3.63) is 67.3 Å². The lowest BCUT2D eigenvalue weighted by Crippen LogP contribution is -2.60. The van der Waals surface area contributed by atoms with E-state index in [4.69, 9.17) is 19.2 Å². The monoisotopic (exact) mass is 761 g/mol.